The normalized spacial score (nSPS) is 16.0. The molecule has 0 radical (unpaired) electrons. The number of hydrogen-bond donors (Lipinski definition) is 0. The third-order valence-electron chi connectivity index (χ3n) is 4.73. The van der Waals surface area contributed by atoms with E-state index in [1.807, 2.05) is 18.1 Å². The topological polar surface area (TPSA) is 58.4 Å². The van der Waals surface area contributed by atoms with Gasteiger partial charge in [-0.25, -0.2) is 4.98 Å². The Morgan fingerprint density at radius 1 is 1.35 bits per heavy atom. The maximum absolute atomic E-state index is 12.4. The van der Waals surface area contributed by atoms with E-state index in [9.17, 15) is 9.59 Å². The molecule has 1 fully saturated rings. The minimum absolute atomic E-state index is 0.0929. The molecule has 0 saturated carbocycles. The number of amides is 2. The highest BCUT2D eigenvalue weighted by Crippen LogP contribution is 2.17. The highest BCUT2D eigenvalue weighted by molar-refractivity contribution is 5.76. The minimum Gasteiger partial charge on any atom is -0.343 e. The average molecular weight is 320 g/mol. The van der Waals surface area contributed by atoms with Gasteiger partial charge in [0.25, 0.3) is 0 Å². The second kappa shape index (κ2) is 7.62. The standard InChI is InChI=1S/C17H28N4O2/c1-13(2)21-12-9-18-16(21)5-6-17(23)20-10-7-15(8-11-20)19(4)14(3)22/h9,12-13,15H,5-8,10-11H2,1-4H3. The van der Waals surface area contributed by atoms with Crippen molar-refractivity contribution < 1.29 is 9.59 Å². The maximum Gasteiger partial charge on any atom is 0.223 e. The van der Waals surface area contributed by atoms with Crippen LogP contribution in [0.15, 0.2) is 12.4 Å². The molecule has 0 N–H and O–H groups in total. The molecule has 1 aliphatic heterocycles. The molecule has 0 unspecified atom stereocenters. The number of nitrogens with zero attached hydrogens (tertiary/aromatic N) is 4. The van der Waals surface area contributed by atoms with Crippen LogP contribution in [0.25, 0.3) is 0 Å². The Morgan fingerprint density at radius 3 is 2.57 bits per heavy atom. The van der Waals surface area contributed by atoms with Crippen LogP contribution < -0.4 is 0 Å². The lowest BCUT2D eigenvalue weighted by Gasteiger charge is -2.36. The van der Waals surface area contributed by atoms with E-state index in [0.717, 1.165) is 31.8 Å². The van der Waals surface area contributed by atoms with Gasteiger partial charge in [-0.1, -0.05) is 0 Å². The zero-order chi connectivity index (χ0) is 17.0. The highest BCUT2D eigenvalue weighted by Gasteiger charge is 2.26. The van der Waals surface area contributed by atoms with Crippen molar-refractivity contribution in [3.05, 3.63) is 18.2 Å². The molecule has 0 atom stereocenters. The summed E-state index contributed by atoms with van der Waals surface area (Å²) in [6.45, 7) is 7.29. The van der Waals surface area contributed by atoms with Gasteiger partial charge in [-0.3, -0.25) is 9.59 Å². The van der Waals surface area contributed by atoms with E-state index >= 15 is 0 Å². The summed E-state index contributed by atoms with van der Waals surface area (Å²) < 4.78 is 2.11. The fraction of sp³-hybridized carbons (Fsp3) is 0.706. The fourth-order valence-corrected chi connectivity index (χ4v) is 3.14. The van der Waals surface area contributed by atoms with Gasteiger partial charge in [-0.2, -0.15) is 0 Å². The predicted molar refractivity (Wildman–Crippen MR) is 89.0 cm³/mol. The Kier molecular flexibility index (Phi) is 5.80. The summed E-state index contributed by atoms with van der Waals surface area (Å²) in [5.74, 6) is 1.25. The van der Waals surface area contributed by atoms with Gasteiger partial charge in [-0.05, 0) is 26.7 Å². The van der Waals surface area contributed by atoms with Crippen molar-refractivity contribution in [2.45, 2.75) is 58.5 Å². The Balaban J connectivity index is 1.81. The number of aryl methyl sites for hydroxylation is 1. The zero-order valence-corrected chi connectivity index (χ0v) is 14.7. The number of piperidine rings is 1. The van der Waals surface area contributed by atoms with E-state index in [1.165, 1.54) is 0 Å². The zero-order valence-electron chi connectivity index (χ0n) is 14.7. The van der Waals surface area contributed by atoms with Crippen molar-refractivity contribution >= 4 is 11.8 Å². The van der Waals surface area contributed by atoms with Crippen molar-refractivity contribution in [1.82, 2.24) is 19.4 Å². The van der Waals surface area contributed by atoms with E-state index in [4.69, 9.17) is 0 Å². The molecule has 1 aliphatic rings. The molecule has 128 valence electrons. The summed E-state index contributed by atoms with van der Waals surface area (Å²) >= 11 is 0. The largest absolute Gasteiger partial charge is 0.343 e. The van der Waals surface area contributed by atoms with Gasteiger partial charge >= 0.3 is 0 Å². The van der Waals surface area contributed by atoms with Crippen LogP contribution in [-0.4, -0.2) is 57.3 Å². The molecule has 1 saturated heterocycles. The van der Waals surface area contributed by atoms with Gasteiger partial charge in [0.15, 0.2) is 0 Å². The molecule has 0 aromatic carbocycles. The summed E-state index contributed by atoms with van der Waals surface area (Å²) in [4.78, 5) is 31.9. The van der Waals surface area contributed by atoms with E-state index in [-0.39, 0.29) is 17.9 Å². The van der Waals surface area contributed by atoms with Crippen molar-refractivity contribution in [3.63, 3.8) is 0 Å². The predicted octanol–water partition coefficient (Wildman–Crippen LogP) is 1.87. The molecule has 2 heterocycles. The first-order valence-electron chi connectivity index (χ1n) is 8.43. The first-order valence-corrected chi connectivity index (χ1v) is 8.43. The van der Waals surface area contributed by atoms with Gasteiger partial charge in [0.2, 0.25) is 11.8 Å². The molecule has 2 rings (SSSR count). The summed E-state index contributed by atoms with van der Waals surface area (Å²) in [5.41, 5.74) is 0. The molecule has 23 heavy (non-hydrogen) atoms. The van der Waals surface area contributed by atoms with Crippen molar-refractivity contribution in [1.29, 1.82) is 0 Å². The van der Waals surface area contributed by atoms with Gasteiger partial charge < -0.3 is 14.4 Å². The van der Waals surface area contributed by atoms with Crippen LogP contribution in [0.3, 0.4) is 0 Å². The Morgan fingerprint density at radius 2 is 2.00 bits per heavy atom. The third-order valence-corrected chi connectivity index (χ3v) is 4.73. The maximum atomic E-state index is 12.4. The number of carbonyl (C=O) groups is 2. The van der Waals surface area contributed by atoms with Crippen LogP contribution in [0.5, 0.6) is 0 Å². The number of imidazole rings is 1. The number of aromatic nitrogens is 2. The molecule has 6 heteroatoms. The second-order valence-electron chi connectivity index (χ2n) is 6.59. The van der Waals surface area contributed by atoms with E-state index in [2.05, 4.69) is 23.4 Å². The Labute approximate surface area is 138 Å². The lowest BCUT2D eigenvalue weighted by molar-refractivity contribution is -0.134. The Hall–Kier alpha value is -1.85. The minimum atomic E-state index is 0.0929. The molecule has 1 aromatic rings. The van der Waals surface area contributed by atoms with E-state index in [1.54, 1.807) is 18.0 Å². The third kappa shape index (κ3) is 4.33. The average Bonchev–Trinajstić information content (AvgIpc) is 3.00. The van der Waals surface area contributed by atoms with Gasteiger partial charge in [0, 0.05) is 64.4 Å². The van der Waals surface area contributed by atoms with Crippen LogP contribution in [0, 0.1) is 0 Å². The van der Waals surface area contributed by atoms with Crippen LogP contribution >= 0.6 is 0 Å². The van der Waals surface area contributed by atoms with E-state index < -0.39 is 0 Å². The number of likely N-dealkylation sites (tertiary alicyclic amines) is 1. The highest BCUT2D eigenvalue weighted by atomic mass is 16.2. The summed E-state index contributed by atoms with van der Waals surface area (Å²) in [5, 5.41) is 0. The summed E-state index contributed by atoms with van der Waals surface area (Å²) in [6.07, 6.45) is 6.66. The molecular weight excluding hydrogens is 292 g/mol. The smallest absolute Gasteiger partial charge is 0.223 e. The molecule has 0 aliphatic carbocycles. The molecule has 2 amide bonds. The van der Waals surface area contributed by atoms with Crippen molar-refractivity contribution in [2.75, 3.05) is 20.1 Å². The number of carbonyl (C=O) groups excluding carboxylic acids is 2. The van der Waals surface area contributed by atoms with Crippen molar-refractivity contribution in [2.24, 2.45) is 0 Å². The SMILES string of the molecule is CC(=O)N(C)C1CCN(C(=O)CCc2nccn2C(C)C)CC1. The van der Waals surface area contributed by atoms with Gasteiger partial charge in [0.05, 0.1) is 0 Å². The van der Waals surface area contributed by atoms with Crippen LogP contribution in [-0.2, 0) is 16.0 Å². The second-order valence-corrected chi connectivity index (χ2v) is 6.59. The van der Waals surface area contributed by atoms with Crippen molar-refractivity contribution in [3.8, 4) is 0 Å². The first kappa shape index (κ1) is 17.5. The van der Waals surface area contributed by atoms with Crippen LogP contribution in [0.4, 0.5) is 0 Å². The van der Waals surface area contributed by atoms with E-state index in [0.29, 0.717) is 18.9 Å². The summed E-state index contributed by atoms with van der Waals surface area (Å²) in [7, 11) is 1.84. The molecule has 0 bridgehead atoms. The number of rotatable bonds is 5. The monoisotopic (exact) mass is 320 g/mol. The van der Waals surface area contributed by atoms with Gasteiger partial charge in [-0.15, -0.1) is 0 Å². The first-order chi connectivity index (χ1) is 10.9. The lowest BCUT2D eigenvalue weighted by atomic mass is 10.0. The number of hydrogen-bond acceptors (Lipinski definition) is 3. The molecule has 6 nitrogen and oxygen atoms in total. The lowest BCUT2D eigenvalue weighted by Crippen LogP contribution is -2.46. The molecular formula is C17H28N4O2. The quantitative estimate of drug-likeness (QED) is 0.832. The molecule has 1 aromatic heterocycles. The fourth-order valence-electron chi connectivity index (χ4n) is 3.14. The Bertz CT molecular complexity index is 545. The van der Waals surface area contributed by atoms with Crippen LogP contribution in [0.1, 0.15) is 51.9 Å². The van der Waals surface area contributed by atoms with Crippen LogP contribution in [0.2, 0.25) is 0 Å². The summed E-state index contributed by atoms with van der Waals surface area (Å²) in [6, 6.07) is 0.622. The van der Waals surface area contributed by atoms with Gasteiger partial charge in [0.1, 0.15) is 5.82 Å². The molecule has 0 spiro atoms.